The van der Waals surface area contributed by atoms with E-state index in [1.165, 1.54) is 35.2 Å². The Morgan fingerprint density at radius 3 is 2.75 bits per heavy atom. The lowest BCUT2D eigenvalue weighted by Gasteiger charge is -2.06. The van der Waals surface area contributed by atoms with Crippen LogP contribution in [-0.4, -0.2) is 27.8 Å². The molecule has 1 atom stereocenters. The molecule has 0 aliphatic rings. The lowest BCUT2D eigenvalue weighted by atomic mass is 10.1. The average Bonchev–Trinajstić information content (AvgIpc) is 3.01. The van der Waals surface area contributed by atoms with Crippen LogP contribution in [-0.2, 0) is 9.59 Å². The summed E-state index contributed by atoms with van der Waals surface area (Å²) in [6.45, 7) is 3.76. The van der Waals surface area contributed by atoms with Gasteiger partial charge in [0, 0.05) is 5.92 Å². The number of thioether (sulfide) groups is 1. The van der Waals surface area contributed by atoms with Crippen molar-refractivity contribution in [1.29, 1.82) is 0 Å². The number of carbonyl (C=O) groups excluding carboxylic acids is 2. The van der Waals surface area contributed by atoms with Crippen LogP contribution in [0.4, 0.5) is 15.2 Å². The molecule has 2 N–H and O–H groups in total. The summed E-state index contributed by atoms with van der Waals surface area (Å²) in [7, 11) is 0. The van der Waals surface area contributed by atoms with Gasteiger partial charge in [0.15, 0.2) is 4.34 Å². The first-order valence-electron chi connectivity index (χ1n) is 7.31. The highest BCUT2D eigenvalue weighted by atomic mass is 32.2. The number of rotatable bonds is 7. The molecule has 0 radical (unpaired) electrons. The minimum Gasteiger partial charge on any atom is -0.323 e. The summed E-state index contributed by atoms with van der Waals surface area (Å²) in [4.78, 5) is 23.6. The molecular formula is C15H17FN4O2S2. The third-order valence-corrected chi connectivity index (χ3v) is 5.14. The highest BCUT2D eigenvalue weighted by Gasteiger charge is 2.14. The second kappa shape index (κ2) is 8.74. The molecule has 9 heteroatoms. The molecule has 128 valence electrons. The van der Waals surface area contributed by atoms with Crippen LogP contribution in [0.3, 0.4) is 0 Å². The molecule has 1 heterocycles. The summed E-state index contributed by atoms with van der Waals surface area (Å²) in [5.41, 5.74) is 0.141. The van der Waals surface area contributed by atoms with E-state index < -0.39 is 5.82 Å². The number of nitrogens with one attached hydrogen (secondary N) is 2. The fourth-order valence-electron chi connectivity index (χ4n) is 1.61. The maximum Gasteiger partial charge on any atom is 0.234 e. The Labute approximate surface area is 147 Å². The quantitative estimate of drug-likeness (QED) is 0.578. The summed E-state index contributed by atoms with van der Waals surface area (Å²) in [6.07, 6.45) is 0.739. The van der Waals surface area contributed by atoms with E-state index in [1.807, 2.05) is 13.8 Å². The van der Waals surface area contributed by atoms with Gasteiger partial charge in [0.25, 0.3) is 0 Å². The summed E-state index contributed by atoms with van der Waals surface area (Å²) in [5, 5.41) is 13.4. The Bertz CT molecular complexity index is 723. The first kappa shape index (κ1) is 18.3. The molecule has 0 aliphatic heterocycles. The van der Waals surface area contributed by atoms with Gasteiger partial charge in [-0.15, -0.1) is 10.2 Å². The first-order chi connectivity index (χ1) is 11.5. The van der Waals surface area contributed by atoms with Crippen LogP contribution < -0.4 is 10.6 Å². The van der Waals surface area contributed by atoms with Crippen LogP contribution in [0.5, 0.6) is 0 Å². The molecular weight excluding hydrogens is 351 g/mol. The van der Waals surface area contributed by atoms with E-state index in [0.717, 1.165) is 6.42 Å². The van der Waals surface area contributed by atoms with Gasteiger partial charge in [0.05, 0.1) is 11.4 Å². The fourth-order valence-corrected chi connectivity index (χ4v) is 3.16. The topological polar surface area (TPSA) is 84.0 Å². The molecule has 0 aliphatic carbocycles. The van der Waals surface area contributed by atoms with E-state index in [9.17, 15) is 14.0 Å². The summed E-state index contributed by atoms with van der Waals surface area (Å²) in [6, 6.07) is 5.96. The molecule has 0 unspecified atom stereocenters. The highest BCUT2D eigenvalue weighted by molar-refractivity contribution is 8.01. The van der Waals surface area contributed by atoms with Crippen LogP contribution in [0.25, 0.3) is 0 Å². The molecule has 24 heavy (non-hydrogen) atoms. The maximum absolute atomic E-state index is 13.5. The van der Waals surface area contributed by atoms with Crippen molar-refractivity contribution < 1.29 is 14.0 Å². The third-order valence-electron chi connectivity index (χ3n) is 3.17. The van der Waals surface area contributed by atoms with Crippen LogP contribution in [0, 0.1) is 11.7 Å². The zero-order valence-electron chi connectivity index (χ0n) is 13.2. The molecule has 2 rings (SSSR count). The molecule has 2 aromatic rings. The summed E-state index contributed by atoms with van der Waals surface area (Å²) in [5.74, 6) is -0.964. The number of hydrogen-bond donors (Lipinski definition) is 2. The number of amides is 2. The molecule has 0 spiro atoms. The van der Waals surface area contributed by atoms with Crippen molar-refractivity contribution in [3.05, 3.63) is 30.1 Å². The van der Waals surface area contributed by atoms with Crippen molar-refractivity contribution in [3.63, 3.8) is 0 Å². The van der Waals surface area contributed by atoms with Gasteiger partial charge in [-0.2, -0.15) is 0 Å². The summed E-state index contributed by atoms with van der Waals surface area (Å²) < 4.78 is 14.0. The smallest absolute Gasteiger partial charge is 0.234 e. The second-order valence-electron chi connectivity index (χ2n) is 4.99. The van der Waals surface area contributed by atoms with Gasteiger partial charge in [-0.3, -0.25) is 9.59 Å². The van der Waals surface area contributed by atoms with E-state index in [-0.39, 0.29) is 29.2 Å². The Kier molecular flexibility index (Phi) is 6.68. The number of para-hydroxylation sites is 1. The van der Waals surface area contributed by atoms with Crippen molar-refractivity contribution >= 4 is 45.7 Å². The standard InChI is InChI=1S/C15H17FN4O2S2/c1-3-9(2)13(22)18-14-19-20-15(24-14)23-8-12(21)17-11-7-5-4-6-10(11)16/h4-7,9H,3,8H2,1-2H3,(H,17,21)(H,18,19,22)/t9-/m1/s1. The monoisotopic (exact) mass is 368 g/mol. The molecule has 0 bridgehead atoms. The molecule has 2 amide bonds. The number of benzene rings is 1. The van der Waals surface area contributed by atoms with E-state index in [4.69, 9.17) is 0 Å². The van der Waals surface area contributed by atoms with E-state index in [1.54, 1.807) is 12.1 Å². The predicted molar refractivity (Wildman–Crippen MR) is 93.7 cm³/mol. The van der Waals surface area contributed by atoms with Crippen molar-refractivity contribution in [3.8, 4) is 0 Å². The average molecular weight is 368 g/mol. The van der Waals surface area contributed by atoms with Crippen LogP contribution >= 0.6 is 23.1 Å². The highest BCUT2D eigenvalue weighted by Crippen LogP contribution is 2.26. The van der Waals surface area contributed by atoms with Crippen molar-refractivity contribution in [2.45, 2.75) is 24.6 Å². The molecule has 1 aromatic heterocycles. The third kappa shape index (κ3) is 5.27. The Hall–Kier alpha value is -2.00. The number of hydrogen-bond acceptors (Lipinski definition) is 6. The fraction of sp³-hybridized carbons (Fsp3) is 0.333. The number of aromatic nitrogens is 2. The minimum absolute atomic E-state index is 0.0717. The van der Waals surface area contributed by atoms with Gasteiger partial charge in [-0.05, 0) is 18.6 Å². The maximum atomic E-state index is 13.5. The van der Waals surface area contributed by atoms with Gasteiger partial charge in [0.1, 0.15) is 5.82 Å². The number of halogens is 1. The Morgan fingerprint density at radius 2 is 2.04 bits per heavy atom. The SMILES string of the molecule is CC[C@@H](C)C(=O)Nc1nnc(SCC(=O)Nc2ccccc2F)s1. The largest absolute Gasteiger partial charge is 0.323 e. The van der Waals surface area contributed by atoms with Crippen molar-refractivity contribution in [2.24, 2.45) is 5.92 Å². The molecule has 0 saturated carbocycles. The van der Waals surface area contributed by atoms with Crippen molar-refractivity contribution in [2.75, 3.05) is 16.4 Å². The molecule has 1 aromatic carbocycles. The van der Waals surface area contributed by atoms with Gasteiger partial charge in [-0.25, -0.2) is 4.39 Å². The Morgan fingerprint density at radius 1 is 1.29 bits per heavy atom. The summed E-state index contributed by atoms with van der Waals surface area (Å²) >= 11 is 2.37. The van der Waals surface area contributed by atoms with E-state index in [2.05, 4.69) is 20.8 Å². The van der Waals surface area contributed by atoms with Crippen molar-refractivity contribution in [1.82, 2.24) is 10.2 Å². The second-order valence-corrected chi connectivity index (χ2v) is 7.19. The first-order valence-corrected chi connectivity index (χ1v) is 9.11. The van der Waals surface area contributed by atoms with Gasteiger partial charge >= 0.3 is 0 Å². The normalized spacial score (nSPS) is 11.8. The number of anilines is 2. The van der Waals surface area contributed by atoms with Gasteiger partial charge in [0.2, 0.25) is 16.9 Å². The van der Waals surface area contributed by atoms with E-state index >= 15 is 0 Å². The minimum atomic E-state index is -0.484. The van der Waals surface area contributed by atoms with Gasteiger partial charge < -0.3 is 10.6 Å². The lowest BCUT2D eigenvalue weighted by Crippen LogP contribution is -2.19. The number of nitrogens with zero attached hydrogens (tertiary/aromatic N) is 2. The number of carbonyl (C=O) groups is 2. The lowest BCUT2D eigenvalue weighted by molar-refractivity contribution is -0.119. The zero-order valence-corrected chi connectivity index (χ0v) is 14.8. The molecule has 0 fully saturated rings. The molecule has 0 saturated heterocycles. The van der Waals surface area contributed by atoms with Crippen LogP contribution in [0.15, 0.2) is 28.6 Å². The van der Waals surface area contributed by atoms with Gasteiger partial charge in [-0.1, -0.05) is 49.1 Å². The Balaban J connectivity index is 1.83. The predicted octanol–water partition coefficient (Wildman–Crippen LogP) is 3.39. The van der Waals surface area contributed by atoms with Crippen LogP contribution in [0.1, 0.15) is 20.3 Å². The van der Waals surface area contributed by atoms with E-state index in [0.29, 0.717) is 9.47 Å². The van der Waals surface area contributed by atoms with Crippen LogP contribution in [0.2, 0.25) is 0 Å². The zero-order chi connectivity index (χ0) is 17.5. The molecule has 6 nitrogen and oxygen atoms in total.